The standard InChI is InChI=1S/C16H23NO/c1-4-17-15(16-6-5-7-18-16)11-14-9-12(2)8-13(3)10-14/h6,8-10,15,17H,4-5,7,11H2,1-3H3. The zero-order chi connectivity index (χ0) is 13.0. The first-order valence-corrected chi connectivity index (χ1v) is 6.82. The van der Waals surface area contributed by atoms with Crippen LogP contribution in [0.4, 0.5) is 0 Å². The molecule has 98 valence electrons. The molecule has 1 aromatic rings. The lowest BCUT2D eigenvalue weighted by Crippen LogP contribution is -2.33. The van der Waals surface area contributed by atoms with Crippen LogP contribution in [0.1, 0.15) is 30.0 Å². The topological polar surface area (TPSA) is 21.3 Å². The summed E-state index contributed by atoms with van der Waals surface area (Å²) in [6.45, 7) is 8.26. The SMILES string of the molecule is CCNC(Cc1cc(C)cc(C)c1)C1=CCCO1. The van der Waals surface area contributed by atoms with E-state index in [1.54, 1.807) is 0 Å². The van der Waals surface area contributed by atoms with E-state index in [0.29, 0.717) is 6.04 Å². The molecular formula is C16H23NO. The third-order valence-corrected chi connectivity index (χ3v) is 3.25. The van der Waals surface area contributed by atoms with Gasteiger partial charge in [-0.2, -0.15) is 0 Å². The van der Waals surface area contributed by atoms with Gasteiger partial charge >= 0.3 is 0 Å². The van der Waals surface area contributed by atoms with E-state index < -0.39 is 0 Å². The van der Waals surface area contributed by atoms with Crippen LogP contribution < -0.4 is 5.32 Å². The highest BCUT2D eigenvalue weighted by atomic mass is 16.5. The van der Waals surface area contributed by atoms with Gasteiger partial charge in [-0.3, -0.25) is 0 Å². The molecule has 0 spiro atoms. The van der Waals surface area contributed by atoms with Crippen molar-refractivity contribution < 1.29 is 4.74 Å². The Kier molecular flexibility index (Phi) is 4.43. The Morgan fingerprint density at radius 3 is 2.50 bits per heavy atom. The molecule has 1 unspecified atom stereocenters. The average Bonchev–Trinajstić information content (AvgIpc) is 2.80. The first-order valence-electron chi connectivity index (χ1n) is 6.82. The molecule has 0 radical (unpaired) electrons. The molecule has 0 aromatic heterocycles. The fraction of sp³-hybridized carbons (Fsp3) is 0.500. The van der Waals surface area contributed by atoms with Crippen LogP contribution in [-0.2, 0) is 11.2 Å². The predicted octanol–water partition coefficient (Wildman–Crippen LogP) is 3.13. The van der Waals surface area contributed by atoms with Crippen molar-refractivity contribution in [2.24, 2.45) is 0 Å². The van der Waals surface area contributed by atoms with E-state index >= 15 is 0 Å². The number of aryl methyl sites for hydroxylation is 2. The Morgan fingerprint density at radius 2 is 1.94 bits per heavy atom. The van der Waals surface area contributed by atoms with E-state index in [1.807, 2.05) is 0 Å². The fourth-order valence-electron chi connectivity index (χ4n) is 2.62. The Morgan fingerprint density at radius 1 is 1.22 bits per heavy atom. The minimum absolute atomic E-state index is 0.318. The van der Waals surface area contributed by atoms with E-state index in [9.17, 15) is 0 Å². The molecule has 0 aliphatic carbocycles. The quantitative estimate of drug-likeness (QED) is 0.860. The highest BCUT2D eigenvalue weighted by Crippen LogP contribution is 2.18. The summed E-state index contributed by atoms with van der Waals surface area (Å²) >= 11 is 0. The summed E-state index contributed by atoms with van der Waals surface area (Å²) in [7, 11) is 0. The van der Waals surface area contributed by atoms with Gasteiger partial charge < -0.3 is 10.1 Å². The van der Waals surface area contributed by atoms with E-state index in [-0.39, 0.29) is 0 Å². The van der Waals surface area contributed by atoms with Crippen molar-refractivity contribution in [1.82, 2.24) is 5.32 Å². The number of likely N-dealkylation sites (N-methyl/N-ethyl adjacent to an activating group) is 1. The smallest absolute Gasteiger partial charge is 0.109 e. The van der Waals surface area contributed by atoms with Gasteiger partial charge in [0.05, 0.1) is 12.6 Å². The lowest BCUT2D eigenvalue weighted by atomic mass is 10.00. The zero-order valence-corrected chi connectivity index (χ0v) is 11.6. The maximum absolute atomic E-state index is 5.70. The summed E-state index contributed by atoms with van der Waals surface area (Å²) in [5.41, 5.74) is 4.05. The van der Waals surface area contributed by atoms with Gasteiger partial charge in [-0.05, 0) is 38.5 Å². The molecule has 0 saturated carbocycles. The van der Waals surface area contributed by atoms with Crippen molar-refractivity contribution in [2.75, 3.05) is 13.2 Å². The van der Waals surface area contributed by atoms with Crippen molar-refractivity contribution >= 4 is 0 Å². The van der Waals surface area contributed by atoms with Crippen molar-refractivity contribution in [2.45, 2.75) is 39.7 Å². The lowest BCUT2D eigenvalue weighted by molar-refractivity contribution is 0.215. The molecule has 1 atom stereocenters. The molecule has 0 fully saturated rings. The Balaban J connectivity index is 2.12. The van der Waals surface area contributed by atoms with Crippen LogP contribution in [0.3, 0.4) is 0 Å². The number of ether oxygens (including phenoxy) is 1. The van der Waals surface area contributed by atoms with Gasteiger partial charge in [0.2, 0.25) is 0 Å². The Labute approximate surface area is 110 Å². The fourth-order valence-corrected chi connectivity index (χ4v) is 2.62. The van der Waals surface area contributed by atoms with Gasteiger partial charge in [-0.15, -0.1) is 0 Å². The second-order valence-electron chi connectivity index (χ2n) is 5.05. The number of hydrogen-bond acceptors (Lipinski definition) is 2. The highest BCUT2D eigenvalue weighted by Gasteiger charge is 2.18. The van der Waals surface area contributed by atoms with Gasteiger partial charge in [0.25, 0.3) is 0 Å². The summed E-state index contributed by atoms with van der Waals surface area (Å²) in [5, 5.41) is 3.52. The van der Waals surface area contributed by atoms with Crippen LogP contribution >= 0.6 is 0 Å². The van der Waals surface area contributed by atoms with E-state index in [1.165, 1.54) is 16.7 Å². The molecule has 1 N–H and O–H groups in total. The summed E-state index contributed by atoms with van der Waals surface area (Å²) < 4.78 is 5.70. The lowest BCUT2D eigenvalue weighted by Gasteiger charge is -2.19. The number of hydrogen-bond donors (Lipinski definition) is 1. The minimum Gasteiger partial charge on any atom is -0.496 e. The summed E-state index contributed by atoms with van der Waals surface area (Å²) in [4.78, 5) is 0. The van der Waals surface area contributed by atoms with Gasteiger partial charge in [0.15, 0.2) is 0 Å². The second-order valence-corrected chi connectivity index (χ2v) is 5.05. The van der Waals surface area contributed by atoms with Crippen LogP contribution in [0.2, 0.25) is 0 Å². The van der Waals surface area contributed by atoms with E-state index in [0.717, 1.165) is 31.8 Å². The zero-order valence-electron chi connectivity index (χ0n) is 11.6. The molecule has 2 rings (SSSR count). The number of benzene rings is 1. The Bertz CT molecular complexity index is 416. The minimum atomic E-state index is 0.318. The second kappa shape index (κ2) is 6.05. The van der Waals surface area contributed by atoms with Crippen LogP contribution in [0.5, 0.6) is 0 Å². The summed E-state index contributed by atoms with van der Waals surface area (Å²) in [6.07, 6.45) is 4.27. The first-order chi connectivity index (χ1) is 8.69. The third kappa shape index (κ3) is 3.36. The highest BCUT2D eigenvalue weighted by molar-refractivity contribution is 5.30. The number of nitrogens with one attached hydrogen (secondary N) is 1. The van der Waals surface area contributed by atoms with E-state index in [2.05, 4.69) is 50.4 Å². The first kappa shape index (κ1) is 13.2. The van der Waals surface area contributed by atoms with E-state index in [4.69, 9.17) is 4.74 Å². The normalized spacial score (nSPS) is 16.3. The van der Waals surface area contributed by atoms with Gasteiger partial charge in [-0.1, -0.05) is 36.2 Å². The maximum Gasteiger partial charge on any atom is 0.109 e. The average molecular weight is 245 g/mol. The molecule has 2 heteroatoms. The van der Waals surface area contributed by atoms with Gasteiger partial charge in [0, 0.05) is 6.42 Å². The molecule has 0 saturated heterocycles. The van der Waals surface area contributed by atoms with Crippen molar-refractivity contribution in [1.29, 1.82) is 0 Å². The predicted molar refractivity (Wildman–Crippen MR) is 75.7 cm³/mol. The molecule has 0 bridgehead atoms. The van der Waals surface area contributed by atoms with Gasteiger partial charge in [-0.25, -0.2) is 0 Å². The molecule has 18 heavy (non-hydrogen) atoms. The monoisotopic (exact) mass is 245 g/mol. The van der Waals surface area contributed by atoms with Crippen molar-refractivity contribution in [3.05, 3.63) is 46.7 Å². The van der Waals surface area contributed by atoms with Gasteiger partial charge in [0.1, 0.15) is 5.76 Å². The molecule has 1 aromatic carbocycles. The van der Waals surface area contributed by atoms with Crippen molar-refractivity contribution in [3.63, 3.8) is 0 Å². The van der Waals surface area contributed by atoms with Crippen LogP contribution in [-0.4, -0.2) is 19.2 Å². The largest absolute Gasteiger partial charge is 0.496 e. The molecule has 1 heterocycles. The molecular weight excluding hydrogens is 222 g/mol. The molecule has 0 amide bonds. The van der Waals surface area contributed by atoms with Crippen LogP contribution in [0.25, 0.3) is 0 Å². The summed E-state index contributed by atoms with van der Waals surface area (Å²) in [5.74, 6) is 1.12. The summed E-state index contributed by atoms with van der Waals surface area (Å²) in [6, 6.07) is 7.08. The Hall–Kier alpha value is -1.28. The molecule has 1 aliphatic heterocycles. The molecule has 2 nitrogen and oxygen atoms in total. The van der Waals surface area contributed by atoms with Crippen molar-refractivity contribution in [3.8, 4) is 0 Å². The maximum atomic E-state index is 5.70. The van der Waals surface area contributed by atoms with Crippen LogP contribution in [0.15, 0.2) is 30.0 Å². The third-order valence-electron chi connectivity index (χ3n) is 3.25. The van der Waals surface area contributed by atoms with Crippen LogP contribution in [0, 0.1) is 13.8 Å². The molecule has 1 aliphatic rings. The number of rotatable bonds is 5.